The first-order valence-corrected chi connectivity index (χ1v) is 15.8. The number of nitrogens with one attached hydrogen (secondary N) is 1. The maximum atomic E-state index is 13.4. The quantitative estimate of drug-likeness (QED) is 0.0922. The van der Waals surface area contributed by atoms with E-state index in [4.69, 9.17) is 40.0 Å². The van der Waals surface area contributed by atoms with Crippen LogP contribution in [0.2, 0.25) is 5.15 Å². The number of unbranched alkanes of at least 4 members (excludes halogenated alkanes) is 1. The Bertz CT molecular complexity index is 1730. The van der Waals surface area contributed by atoms with Crippen molar-refractivity contribution in [2.24, 2.45) is 0 Å². The van der Waals surface area contributed by atoms with E-state index in [9.17, 15) is 14.4 Å². The van der Waals surface area contributed by atoms with Crippen molar-refractivity contribution in [1.82, 2.24) is 30.2 Å². The van der Waals surface area contributed by atoms with Gasteiger partial charge in [-0.2, -0.15) is 5.21 Å². The minimum absolute atomic E-state index is 0.0221. The summed E-state index contributed by atoms with van der Waals surface area (Å²) < 4.78 is 33.8. The molecular formula is C32H33ClN6O9. The van der Waals surface area contributed by atoms with Gasteiger partial charge in [0.2, 0.25) is 12.1 Å². The lowest BCUT2D eigenvalue weighted by Crippen LogP contribution is -2.36. The molecule has 0 aliphatic carbocycles. The molecule has 2 aromatic carbocycles. The smallest absolute Gasteiger partial charge is 0.459 e. The minimum atomic E-state index is -1.32. The number of carbonyl (C=O) groups excluding carboxylic acids is 3. The van der Waals surface area contributed by atoms with Crippen LogP contribution in [0.3, 0.4) is 0 Å². The molecule has 48 heavy (non-hydrogen) atoms. The summed E-state index contributed by atoms with van der Waals surface area (Å²) in [4.78, 5) is 41.2. The number of rotatable bonds is 13. The number of fused-ring (bicyclic) bond motifs is 1. The van der Waals surface area contributed by atoms with E-state index >= 15 is 0 Å². The molecule has 0 spiro atoms. The van der Waals surface area contributed by atoms with E-state index in [1.807, 2.05) is 48.5 Å². The van der Waals surface area contributed by atoms with Crippen molar-refractivity contribution >= 4 is 30.2 Å². The lowest BCUT2D eigenvalue weighted by Gasteiger charge is -2.19. The van der Waals surface area contributed by atoms with Crippen LogP contribution >= 0.6 is 11.6 Å². The summed E-state index contributed by atoms with van der Waals surface area (Å²) in [6, 6.07) is 15.6. The Hall–Kier alpha value is -4.86. The highest BCUT2D eigenvalue weighted by molar-refractivity contribution is 6.32. The molecule has 5 atom stereocenters. The number of aromatic nitrogens is 6. The number of H-pyrrole nitrogens is 1. The number of esters is 1. The van der Waals surface area contributed by atoms with Crippen molar-refractivity contribution in [3.8, 4) is 22.5 Å². The van der Waals surface area contributed by atoms with E-state index in [1.165, 1.54) is 6.92 Å². The molecule has 0 amide bonds. The van der Waals surface area contributed by atoms with Crippen LogP contribution in [0.15, 0.2) is 48.5 Å². The third-order valence-corrected chi connectivity index (χ3v) is 8.31. The second-order valence-electron chi connectivity index (χ2n) is 11.2. The molecule has 1 N–H and O–H groups in total. The largest absolute Gasteiger partial charge is 0.511 e. The number of benzene rings is 2. The Labute approximate surface area is 279 Å². The van der Waals surface area contributed by atoms with Crippen molar-refractivity contribution in [3.63, 3.8) is 0 Å². The van der Waals surface area contributed by atoms with Crippen molar-refractivity contribution in [1.29, 1.82) is 0 Å². The van der Waals surface area contributed by atoms with Crippen LogP contribution in [0, 0.1) is 0 Å². The Balaban J connectivity index is 1.13. The highest BCUT2D eigenvalue weighted by atomic mass is 35.5. The Morgan fingerprint density at radius 3 is 2.50 bits per heavy atom. The van der Waals surface area contributed by atoms with Crippen molar-refractivity contribution in [2.45, 2.75) is 70.4 Å². The predicted molar refractivity (Wildman–Crippen MR) is 167 cm³/mol. The molecule has 1 unspecified atom stereocenters. The fourth-order valence-corrected chi connectivity index (χ4v) is 6.05. The zero-order chi connectivity index (χ0) is 33.6. The number of tetrazole rings is 1. The predicted octanol–water partition coefficient (Wildman–Crippen LogP) is 4.14. The van der Waals surface area contributed by atoms with Crippen LogP contribution in [0.1, 0.15) is 48.6 Å². The number of halogens is 1. The van der Waals surface area contributed by atoms with Gasteiger partial charge in [-0.05, 0) is 28.3 Å². The SMILES string of the molecule is CCCCc1nc(Cl)c(C(=O)OC(C)OC(=O)O[C@@H]2CO[C@@H]3[C@H]2OC[C@H]3OC=O)n1Cc1ccc(-c2ccccc2-c2nn[nH]n2)cc1. The highest BCUT2D eigenvalue weighted by Gasteiger charge is 2.51. The molecular weight excluding hydrogens is 648 g/mol. The number of hydrogen-bond donors (Lipinski definition) is 1. The lowest BCUT2D eigenvalue weighted by atomic mass is 9.98. The van der Waals surface area contributed by atoms with Gasteiger partial charge in [-0.25, -0.2) is 14.6 Å². The van der Waals surface area contributed by atoms with Gasteiger partial charge in [-0.1, -0.05) is 73.5 Å². The summed E-state index contributed by atoms with van der Waals surface area (Å²) >= 11 is 6.51. The standard InChI is InChI=1S/C32H33ClN6O9/c1-3-4-9-25-34-29(33)26(31(41)46-18(2)47-32(42)48-24-16-44-27-23(45-17-40)15-43-28(24)27)39(25)14-19-10-12-20(13-11-19)21-7-5-6-8-22(21)30-35-37-38-36-30/h5-8,10-13,17-18,23-24,27-28H,3-4,9,14-16H2,1-2H3,(H,35,36,37,38)/t18?,23-,24-,27+,28+/m1/s1. The number of hydrogen-bond acceptors (Lipinski definition) is 13. The van der Waals surface area contributed by atoms with Crippen molar-refractivity contribution in [3.05, 3.63) is 70.8 Å². The average Bonchev–Trinajstić information content (AvgIpc) is 3.88. The molecule has 2 aliphatic heterocycles. The highest BCUT2D eigenvalue weighted by Crippen LogP contribution is 2.32. The summed E-state index contributed by atoms with van der Waals surface area (Å²) in [5.41, 5.74) is 3.63. The molecule has 16 heteroatoms. The van der Waals surface area contributed by atoms with Gasteiger partial charge >= 0.3 is 12.1 Å². The third kappa shape index (κ3) is 7.17. The normalized spacial score (nSPS) is 20.6. The first kappa shape index (κ1) is 33.1. The minimum Gasteiger partial charge on any atom is -0.459 e. The van der Waals surface area contributed by atoms with Gasteiger partial charge < -0.3 is 33.0 Å². The molecule has 0 saturated carbocycles. The molecule has 6 rings (SSSR count). The Kier molecular flexibility index (Phi) is 10.3. The molecule has 15 nitrogen and oxygen atoms in total. The molecule has 4 aromatic rings. The number of nitrogens with zero attached hydrogens (tertiary/aromatic N) is 5. The summed E-state index contributed by atoms with van der Waals surface area (Å²) in [6.45, 7) is 4.18. The van der Waals surface area contributed by atoms with Gasteiger partial charge in [0.1, 0.15) is 18.0 Å². The monoisotopic (exact) mass is 680 g/mol. The molecule has 2 aliphatic rings. The summed E-state index contributed by atoms with van der Waals surface area (Å²) in [6.07, 6.45) is -2.64. The van der Waals surface area contributed by atoms with Gasteiger partial charge in [0, 0.05) is 25.5 Å². The van der Waals surface area contributed by atoms with Crippen LogP contribution in [0.25, 0.3) is 22.5 Å². The number of ether oxygens (including phenoxy) is 6. The third-order valence-electron chi connectivity index (χ3n) is 8.05. The van der Waals surface area contributed by atoms with Crippen LogP contribution in [0.4, 0.5) is 4.79 Å². The zero-order valence-corrected chi connectivity index (χ0v) is 26.9. The first-order valence-electron chi connectivity index (χ1n) is 15.4. The van der Waals surface area contributed by atoms with Gasteiger partial charge in [0.05, 0.1) is 13.2 Å². The van der Waals surface area contributed by atoms with E-state index in [2.05, 4.69) is 32.5 Å². The van der Waals surface area contributed by atoms with Crippen LogP contribution < -0.4 is 0 Å². The second kappa shape index (κ2) is 14.9. The molecule has 2 fully saturated rings. The van der Waals surface area contributed by atoms with Crippen LogP contribution in [-0.4, -0.2) is 92.7 Å². The van der Waals surface area contributed by atoms with Gasteiger partial charge in [-0.15, -0.1) is 10.2 Å². The molecule has 0 radical (unpaired) electrons. The van der Waals surface area contributed by atoms with Gasteiger partial charge in [0.25, 0.3) is 6.47 Å². The molecule has 252 valence electrons. The fourth-order valence-electron chi connectivity index (χ4n) is 5.77. The summed E-state index contributed by atoms with van der Waals surface area (Å²) in [7, 11) is 0. The van der Waals surface area contributed by atoms with E-state index < -0.39 is 42.8 Å². The second-order valence-corrected chi connectivity index (χ2v) is 11.6. The maximum Gasteiger partial charge on any atom is 0.511 e. The topological polar surface area (TPSA) is 179 Å². The molecule has 4 heterocycles. The Morgan fingerprint density at radius 1 is 1.06 bits per heavy atom. The number of carbonyl (C=O) groups is 3. The van der Waals surface area contributed by atoms with Crippen molar-refractivity contribution in [2.75, 3.05) is 13.2 Å². The van der Waals surface area contributed by atoms with Gasteiger partial charge in [-0.3, -0.25) is 4.79 Å². The molecule has 2 aromatic heterocycles. The molecule has 0 bridgehead atoms. The van der Waals surface area contributed by atoms with E-state index in [0.717, 1.165) is 35.1 Å². The first-order chi connectivity index (χ1) is 23.4. The van der Waals surface area contributed by atoms with Crippen LogP contribution in [0.5, 0.6) is 0 Å². The zero-order valence-electron chi connectivity index (χ0n) is 26.1. The van der Waals surface area contributed by atoms with Crippen LogP contribution in [-0.2, 0) is 46.2 Å². The fraction of sp³-hybridized carbons (Fsp3) is 0.406. The lowest BCUT2D eigenvalue weighted by molar-refractivity contribution is -0.138. The number of imidazole rings is 1. The van der Waals surface area contributed by atoms with E-state index in [0.29, 0.717) is 24.5 Å². The van der Waals surface area contributed by atoms with Crippen molar-refractivity contribution < 1.29 is 42.8 Å². The average molecular weight is 681 g/mol. The van der Waals surface area contributed by atoms with E-state index in [1.54, 1.807) is 4.57 Å². The summed E-state index contributed by atoms with van der Waals surface area (Å²) in [5.74, 6) is 0.289. The molecule has 2 saturated heterocycles. The Morgan fingerprint density at radius 2 is 1.79 bits per heavy atom. The van der Waals surface area contributed by atoms with Gasteiger partial charge in [0.15, 0.2) is 23.1 Å². The number of aryl methyl sites for hydroxylation is 1. The maximum absolute atomic E-state index is 13.4. The van der Waals surface area contributed by atoms with E-state index in [-0.39, 0.29) is 30.6 Å². The summed E-state index contributed by atoms with van der Waals surface area (Å²) in [5, 5.41) is 14.4. The number of aromatic amines is 1.